The van der Waals surface area contributed by atoms with Crippen LogP contribution in [0, 0.1) is 5.41 Å². The summed E-state index contributed by atoms with van der Waals surface area (Å²) in [6, 6.07) is 0. The zero-order valence-electron chi connectivity index (χ0n) is 28.1. The summed E-state index contributed by atoms with van der Waals surface area (Å²) in [6.45, 7) is 1.39. The molecule has 0 amide bonds. The molecule has 0 radical (unpaired) electrons. The zero-order valence-corrected chi connectivity index (χ0v) is 28.1. The van der Waals surface area contributed by atoms with Gasteiger partial charge in [-0.3, -0.25) is 9.59 Å². The molecule has 0 saturated heterocycles. The predicted molar refractivity (Wildman–Crippen MR) is 179 cm³/mol. The van der Waals surface area contributed by atoms with Crippen molar-refractivity contribution in [2.24, 2.45) is 5.41 Å². The van der Waals surface area contributed by atoms with Crippen molar-refractivity contribution in [2.45, 2.75) is 187 Å². The lowest BCUT2D eigenvalue weighted by molar-refractivity contribution is -0.149. The molecule has 0 heterocycles. The third-order valence-corrected chi connectivity index (χ3v) is 8.52. The molecule has 6 heteroatoms. The number of esters is 1. The number of rotatable bonds is 34. The van der Waals surface area contributed by atoms with Crippen LogP contribution in [0.1, 0.15) is 187 Å². The van der Waals surface area contributed by atoms with Gasteiger partial charge in [0, 0.05) is 18.3 Å². The molecular formula is C37H70O6. The van der Waals surface area contributed by atoms with Gasteiger partial charge in [-0.05, 0) is 38.5 Å². The summed E-state index contributed by atoms with van der Waals surface area (Å²) in [7, 11) is 0. The number of aliphatic hydroxyl groups excluding tert-OH is 2. The number of unbranched alkanes of at least 4 members (excludes halogenated alkanes) is 24. The van der Waals surface area contributed by atoms with Crippen molar-refractivity contribution in [1.82, 2.24) is 0 Å². The lowest BCUT2D eigenvalue weighted by Gasteiger charge is -2.23. The second kappa shape index (κ2) is 32.0. The molecule has 6 nitrogen and oxygen atoms in total. The molecule has 0 aromatic rings. The van der Waals surface area contributed by atoms with Crippen molar-refractivity contribution < 1.29 is 29.6 Å². The van der Waals surface area contributed by atoms with Gasteiger partial charge in [0.2, 0.25) is 0 Å². The van der Waals surface area contributed by atoms with Crippen LogP contribution in [0.15, 0.2) is 12.2 Å². The first-order valence-electron chi connectivity index (χ1n) is 18.2. The van der Waals surface area contributed by atoms with Gasteiger partial charge in [0.15, 0.2) is 0 Å². The maximum Gasteiger partial charge on any atom is 0.305 e. The van der Waals surface area contributed by atoms with E-state index in [-0.39, 0.29) is 25.8 Å². The van der Waals surface area contributed by atoms with E-state index in [1.54, 1.807) is 6.92 Å². The van der Waals surface area contributed by atoms with Crippen LogP contribution in [0.2, 0.25) is 0 Å². The lowest BCUT2D eigenvalue weighted by atomic mass is 9.94. The summed E-state index contributed by atoms with van der Waals surface area (Å²) in [5, 5.41) is 27.1. The number of allylic oxidation sites excluding steroid dienone is 2. The number of aliphatic hydroxyl groups is 2. The van der Waals surface area contributed by atoms with Gasteiger partial charge in [-0.15, -0.1) is 0 Å². The molecule has 0 fully saturated rings. The number of carbonyl (C=O) groups excluding carboxylic acids is 1. The van der Waals surface area contributed by atoms with E-state index in [1.807, 2.05) is 0 Å². The summed E-state index contributed by atoms with van der Waals surface area (Å²) < 4.78 is 5.18. The standard InChI is InChI=1S/C37H70O6/c1-37(32-38,33-39)34-43-36(42)31-29-27-25-23-21-19-17-15-13-11-9-7-5-3-2-4-6-8-10-12-14-16-18-20-22-24-26-28-30-35(40)41/h2-3,38-39H,4-34H2,1H3,(H,40,41)/b3-2-. The predicted octanol–water partition coefficient (Wildman–Crippen LogP) is 10.1. The van der Waals surface area contributed by atoms with Crippen LogP contribution in [0.25, 0.3) is 0 Å². The fourth-order valence-corrected chi connectivity index (χ4v) is 5.31. The Kier molecular flexibility index (Phi) is 31.0. The molecule has 0 aromatic heterocycles. The van der Waals surface area contributed by atoms with Gasteiger partial charge < -0.3 is 20.1 Å². The highest BCUT2D eigenvalue weighted by atomic mass is 16.5. The minimum absolute atomic E-state index is 0.0709. The van der Waals surface area contributed by atoms with Gasteiger partial charge >= 0.3 is 11.9 Å². The Balaban J connectivity index is 3.22. The van der Waals surface area contributed by atoms with Crippen molar-refractivity contribution in [3.8, 4) is 0 Å². The minimum Gasteiger partial charge on any atom is -0.481 e. The minimum atomic E-state index is -0.746. The Bertz CT molecular complexity index is 643. The normalized spacial score (nSPS) is 11.9. The van der Waals surface area contributed by atoms with Gasteiger partial charge in [-0.25, -0.2) is 0 Å². The monoisotopic (exact) mass is 611 g/mol. The zero-order chi connectivity index (χ0) is 31.7. The van der Waals surface area contributed by atoms with Crippen LogP contribution in [0.3, 0.4) is 0 Å². The Morgan fingerprint density at radius 2 is 0.814 bits per heavy atom. The van der Waals surface area contributed by atoms with Crippen molar-refractivity contribution >= 4 is 11.9 Å². The average molecular weight is 611 g/mol. The molecule has 0 aliphatic rings. The number of carbonyl (C=O) groups is 2. The van der Waals surface area contributed by atoms with Gasteiger partial charge in [0.05, 0.1) is 13.2 Å². The van der Waals surface area contributed by atoms with E-state index in [4.69, 9.17) is 9.84 Å². The van der Waals surface area contributed by atoms with Crippen molar-refractivity contribution in [3.05, 3.63) is 12.2 Å². The first-order valence-corrected chi connectivity index (χ1v) is 18.2. The molecular weight excluding hydrogens is 540 g/mol. The van der Waals surface area contributed by atoms with Crippen LogP contribution in [-0.2, 0) is 14.3 Å². The highest BCUT2D eigenvalue weighted by Crippen LogP contribution is 2.17. The highest BCUT2D eigenvalue weighted by Gasteiger charge is 2.24. The Hall–Kier alpha value is -1.40. The molecule has 0 bridgehead atoms. The summed E-state index contributed by atoms with van der Waals surface area (Å²) in [5.74, 6) is -0.895. The molecule has 254 valence electrons. The Morgan fingerprint density at radius 3 is 1.14 bits per heavy atom. The summed E-state index contributed by atoms with van der Waals surface area (Å²) in [6.07, 6.45) is 38.3. The van der Waals surface area contributed by atoms with Crippen LogP contribution in [-0.4, -0.2) is 47.1 Å². The average Bonchev–Trinajstić information content (AvgIpc) is 3.00. The molecule has 0 unspecified atom stereocenters. The van der Waals surface area contributed by atoms with Crippen molar-refractivity contribution in [3.63, 3.8) is 0 Å². The second-order valence-corrected chi connectivity index (χ2v) is 13.2. The van der Waals surface area contributed by atoms with Crippen LogP contribution >= 0.6 is 0 Å². The molecule has 0 aliphatic heterocycles. The van der Waals surface area contributed by atoms with E-state index < -0.39 is 11.4 Å². The molecule has 0 rings (SSSR count). The van der Waals surface area contributed by atoms with E-state index >= 15 is 0 Å². The maximum absolute atomic E-state index is 11.8. The topological polar surface area (TPSA) is 104 Å². The van der Waals surface area contributed by atoms with Gasteiger partial charge in [-0.2, -0.15) is 0 Å². The van der Waals surface area contributed by atoms with E-state index in [1.165, 1.54) is 141 Å². The number of aliphatic carboxylic acids is 1. The molecule has 0 atom stereocenters. The third kappa shape index (κ3) is 31.8. The first kappa shape index (κ1) is 41.6. The number of hydrogen-bond acceptors (Lipinski definition) is 5. The summed E-state index contributed by atoms with van der Waals surface area (Å²) in [4.78, 5) is 22.3. The van der Waals surface area contributed by atoms with E-state index in [9.17, 15) is 19.8 Å². The van der Waals surface area contributed by atoms with E-state index in [0.717, 1.165) is 25.7 Å². The second-order valence-electron chi connectivity index (χ2n) is 13.2. The fraction of sp³-hybridized carbons (Fsp3) is 0.892. The van der Waals surface area contributed by atoms with Crippen LogP contribution < -0.4 is 0 Å². The number of ether oxygens (including phenoxy) is 1. The van der Waals surface area contributed by atoms with Gasteiger partial charge in [0.25, 0.3) is 0 Å². The molecule has 0 aromatic carbocycles. The largest absolute Gasteiger partial charge is 0.481 e. The fourth-order valence-electron chi connectivity index (χ4n) is 5.31. The SMILES string of the molecule is CC(CO)(CO)COC(=O)CCCCCCCCCCCCCC/C=C\CCCCCCCCCCCCCCC(=O)O. The Morgan fingerprint density at radius 1 is 0.512 bits per heavy atom. The molecule has 43 heavy (non-hydrogen) atoms. The van der Waals surface area contributed by atoms with E-state index in [0.29, 0.717) is 12.8 Å². The Labute approximate surface area is 265 Å². The first-order chi connectivity index (χ1) is 20.9. The van der Waals surface area contributed by atoms with Crippen LogP contribution in [0.5, 0.6) is 0 Å². The van der Waals surface area contributed by atoms with Gasteiger partial charge in [0.1, 0.15) is 6.61 Å². The third-order valence-electron chi connectivity index (χ3n) is 8.52. The summed E-state index contributed by atoms with van der Waals surface area (Å²) >= 11 is 0. The van der Waals surface area contributed by atoms with Gasteiger partial charge in [-0.1, -0.05) is 147 Å². The lowest BCUT2D eigenvalue weighted by Crippen LogP contribution is -2.32. The quantitative estimate of drug-likeness (QED) is 0.0380. The van der Waals surface area contributed by atoms with Crippen molar-refractivity contribution in [2.75, 3.05) is 19.8 Å². The summed E-state index contributed by atoms with van der Waals surface area (Å²) in [5.41, 5.74) is -0.746. The number of hydrogen-bond donors (Lipinski definition) is 3. The molecule has 3 N–H and O–H groups in total. The highest BCUT2D eigenvalue weighted by molar-refractivity contribution is 5.69. The maximum atomic E-state index is 11.8. The molecule has 0 aliphatic carbocycles. The molecule has 0 spiro atoms. The number of carboxylic acids is 1. The molecule has 0 saturated carbocycles. The smallest absolute Gasteiger partial charge is 0.305 e. The van der Waals surface area contributed by atoms with Crippen LogP contribution in [0.4, 0.5) is 0 Å². The van der Waals surface area contributed by atoms with E-state index in [2.05, 4.69) is 12.2 Å². The number of carboxylic acid groups (broad SMARTS) is 1. The van der Waals surface area contributed by atoms with Crippen molar-refractivity contribution in [1.29, 1.82) is 0 Å².